The Balaban J connectivity index is 2.04. The van der Waals surface area contributed by atoms with E-state index < -0.39 is 15.6 Å². The molecule has 10 heteroatoms. The summed E-state index contributed by atoms with van der Waals surface area (Å²) >= 11 is 2.71. The molecule has 3 N–H and O–H groups in total. The minimum Gasteiger partial charge on any atom is -0.383 e. The maximum absolute atomic E-state index is 12.2. The summed E-state index contributed by atoms with van der Waals surface area (Å²) < 4.78 is 25.8. The van der Waals surface area contributed by atoms with E-state index in [0.29, 0.717) is 29.8 Å². The third-order valence-electron chi connectivity index (χ3n) is 3.76. The van der Waals surface area contributed by atoms with Crippen molar-refractivity contribution in [2.75, 3.05) is 27.2 Å². The fraction of sp³-hybridized carbons (Fsp3) is 0.471. The molecule has 2 aromatic rings. The molecule has 0 saturated heterocycles. The molecule has 0 aromatic carbocycles. The molecule has 2 heterocycles. The minimum atomic E-state index is -3.42. The molecule has 0 fully saturated rings. The van der Waals surface area contributed by atoms with Crippen LogP contribution in [0.25, 0.3) is 0 Å². The van der Waals surface area contributed by atoms with Crippen molar-refractivity contribution >= 4 is 38.7 Å². The summed E-state index contributed by atoms with van der Waals surface area (Å²) in [6, 6.07) is 7.18. The standard InChI is InChI=1S/C17H26N4O3S3/c1-5-18-16(20-12-17(2,22)14-7-6-10-25-14)19-11-13-8-9-15(26-13)27(23,24)21(3)4/h6-10,22H,5,11-12H2,1-4H3,(H2,18,19,20). The number of sulfonamides is 1. The molecule has 0 saturated carbocycles. The van der Waals surface area contributed by atoms with Crippen molar-refractivity contribution in [2.45, 2.75) is 30.2 Å². The summed E-state index contributed by atoms with van der Waals surface area (Å²) in [7, 11) is -0.392. The summed E-state index contributed by atoms with van der Waals surface area (Å²) in [5.74, 6) is 0.569. The number of aliphatic hydroxyl groups is 1. The Morgan fingerprint density at radius 3 is 2.63 bits per heavy atom. The summed E-state index contributed by atoms with van der Waals surface area (Å²) in [5.41, 5.74) is -1.000. The van der Waals surface area contributed by atoms with Crippen LogP contribution in [-0.4, -0.2) is 51.0 Å². The Morgan fingerprint density at radius 1 is 1.30 bits per heavy atom. The van der Waals surface area contributed by atoms with Crippen molar-refractivity contribution in [2.24, 2.45) is 4.99 Å². The van der Waals surface area contributed by atoms with Crippen molar-refractivity contribution < 1.29 is 13.5 Å². The van der Waals surface area contributed by atoms with Crippen molar-refractivity contribution in [3.63, 3.8) is 0 Å². The van der Waals surface area contributed by atoms with Crippen LogP contribution in [0.5, 0.6) is 0 Å². The molecule has 1 unspecified atom stereocenters. The van der Waals surface area contributed by atoms with Crippen molar-refractivity contribution in [3.05, 3.63) is 39.4 Å². The lowest BCUT2D eigenvalue weighted by atomic mass is 10.1. The molecule has 27 heavy (non-hydrogen) atoms. The second kappa shape index (κ2) is 9.16. The Morgan fingerprint density at radius 2 is 2.04 bits per heavy atom. The maximum Gasteiger partial charge on any atom is 0.252 e. The van der Waals surface area contributed by atoms with Crippen LogP contribution in [0.3, 0.4) is 0 Å². The highest BCUT2D eigenvalue weighted by atomic mass is 32.2. The van der Waals surface area contributed by atoms with Crippen LogP contribution in [0.4, 0.5) is 0 Å². The van der Waals surface area contributed by atoms with Gasteiger partial charge in [0.15, 0.2) is 5.96 Å². The van der Waals surface area contributed by atoms with Gasteiger partial charge in [0.25, 0.3) is 10.0 Å². The average Bonchev–Trinajstić information content (AvgIpc) is 3.29. The molecule has 0 radical (unpaired) electrons. The number of aliphatic imine (C=N–C) groups is 1. The summed E-state index contributed by atoms with van der Waals surface area (Å²) in [5, 5.41) is 18.8. The van der Waals surface area contributed by atoms with Gasteiger partial charge in [-0.25, -0.2) is 17.7 Å². The van der Waals surface area contributed by atoms with Crippen molar-refractivity contribution in [3.8, 4) is 0 Å². The smallest absolute Gasteiger partial charge is 0.252 e. The van der Waals surface area contributed by atoms with E-state index in [2.05, 4.69) is 15.6 Å². The summed E-state index contributed by atoms with van der Waals surface area (Å²) in [6.45, 7) is 5.06. The van der Waals surface area contributed by atoms with Gasteiger partial charge in [-0.05, 0) is 37.4 Å². The molecule has 1 atom stereocenters. The largest absolute Gasteiger partial charge is 0.383 e. The van der Waals surface area contributed by atoms with Crippen LogP contribution >= 0.6 is 22.7 Å². The van der Waals surface area contributed by atoms with Crippen LogP contribution in [0.15, 0.2) is 38.8 Å². The van der Waals surface area contributed by atoms with Gasteiger partial charge in [0.05, 0.1) is 13.1 Å². The topological polar surface area (TPSA) is 94.0 Å². The summed E-state index contributed by atoms with van der Waals surface area (Å²) in [6.07, 6.45) is 0. The zero-order chi connectivity index (χ0) is 20.1. The highest BCUT2D eigenvalue weighted by molar-refractivity contribution is 7.91. The monoisotopic (exact) mass is 430 g/mol. The first-order valence-electron chi connectivity index (χ1n) is 8.46. The highest BCUT2D eigenvalue weighted by Gasteiger charge is 2.24. The molecule has 7 nitrogen and oxygen atoms in total. The lowest BCUT2D eigenvalue weighted by Crippen LogP contribution is -2.44. The zero-order valence-electron chi connectivity index (χ0n) is 15.9. The Kier molecular flexibility index (Phi) is 7.40. The number of guanidine groups is 1. The molecule has 2 aromatic heterocycles. The van der Waals surface area contributed by atoms with E-state index in [9.17, 15) is 13.5 Å². The lowest BCUT2D eigenvalue weighted by molar-refractivity contribution is 0.0655. The number of nitrogens with one attached hydrogen (secondary N) is 2. The number of rotatable bonds is 8. The van der Waals surface area contributed by atoms with Crippen molar-refractivity contribution in [1.29, 1.82) is 0 Å². The molecular weight excluding hydrogens is 404 g/mol. The van der Waals surface area contributed by atoms with Gasteiger partial charge in [0, 0.05) is 30.4 Å². The van der Waals surface area contributed by atoms with E-state index in [0.717, 1.165) is 9.75 Å². The SMILES string of the molecule is CCNC(=NCc1ccc(S(=O)(=O)N(C)C)s1)NCC(C)(O)c1cccs1. The average molecular weight is 431 g/mol. The molecule has 0 aliphatic rings. The fourth-order valence-corrected chi connectivity index (χ4v) is 5.42. The van der Waals surface area contributed by atoms with Crippen molar-refractivity contribution in [1.82, 2.24) is 14.9 Å². The van der Waals surface area contributed by atoms with Crippen LogP contribution in [0, 0.1) is 0 Å². The van der Waals surface area contributed by atoms with E-state index in [1.807, 2.05) is 24.4 Å². The normalized spacial score (nSPS) is 15.0. The Bertz CT molecular complexity index is 856. The molecule has 0 amide bonds. The van der Waals surface area contributed by atoms with Gasteiger partial charge >= 0.3 is 0 Å². The van der Waals surface area contributed by atoms with E-state index in [1.165, 1.54) is 41.1 Å². The molecule has 0 aliphatic carbocycles. The Hall–Kier alpha value is -1.46. The highest BCUT2D eigenvalue weighted by Crippen LogP contribution is 2.25. The van der Waals surface area contributed by atoms with Crippen LogP contribution in [-0.2, 0) is 22.2 Å². The van der Waals surface area contributed by atoms with E-state index in [-0.39, 0.29) is 0 Å². The van der Waals surface area contributed by atoms with Gasteiger partial charge < -0.3 is 15.7 Å². The van der Waals surface area contributed by atoms with E-state index in [1.54, 1.807) is 19.1 Å². The Labute approximate surface area is 168 Å². The van der Waals surface area contributed by atoms with Gasteiger partial charge in [-0.3, -0.25) is 0 Å². The quantitative estimate of drug-likeness (QED) is 0.440. The lowest BCUT2D eigenvalue weighted by Gasteiger charge is -2.23. The molecule has 150 valence electrons. The van der Waals surface area contributed by atoms with E-state index >= 15 is 0 Å². The summed E-state index contributed by atoms with van der Waals surface area (Å²) in [4.78, 5) is 6.22. The maximum atomic E-state index is 12.2. The van der Waals surface area contributed by atoms with Gasteiger partial charge in [-0.1, -0.05) is 6.07 Å². The van der Waals surface area contributed by atoms with Crippen LogP contribution < -0.4 is 10.6 Å². The zero-order valence-corrected chi connectivity index (χ0v) is 18.3. The molecule has 0 spiro atoms. The number of hydrogen-bond donors (Lipinski definition) is 3. The van der Waals surface area contributed by atoms with Gasteiger partial charge in [-0.15, -0.1) is 22.7 Å². The molecule has 0 aliphatic heterocycles. The predicted octanol–water partition coefficient (Wildman–Crippen LogP) is 2.02. The van der Waals surface area contributed by atoms with Crippen LogP contribution in [0.1, 0.15) is 23.6 Å². The number of hydrogen-bond acceptors (Lipinski definition) is 6. The molecule has 0 bridgehead atoms. The minimum absolute atomic E-state index is 0.302. The number of nitrogens with zero attached hydrogens (tertiary/aromatic N) is 2. The molecule has 2 rings (SSSR count). The molecular formula is C17H26N4O3S3. The number of thiophene rings is 2. The second-order valence-corrected chi connectivity index (χ2v) is 10.8. The first-order valence-corrected chi connectivity index (χ1v) is 11.6. The second-order valence-electron chi connectivity index (χ2n) is 6.31. The third kappa shape index (κ3) is 5.76. The predicted molar refractivity (Wildman–Crippen MR) is 112 cm³/mol. The van der Waals surface area contributed by atoms with Gasteiger partial charge in [-0.2, -0.15) is 0 Å². The van der Waals surface area contributed by atoms with Crippen LogP contribution in [0.2, 0.25) is 0 Å². The first kappa shape index (κ1) is 21.8. The fourth-order valence-electron chi connectivity index (χ4n) is 2.19. The van der Waals surface area contributed by atoms with E-state index in [4.69, 9.17) is 0 Å². The third-order valence-corrected chi connectivity index (χ3v) is 8.24. The first-order chi connectivity index (χ1) is 12.7. The van der Waals surface area contributed by atoms with Gasteiger partial charge in [0.1, 0.15) is 9.81 Å². The van der Waals surface area contributed by atoms with Gasteiger partial charge in [0.2, 0.25) is 0 Å².